The van der Waals surface area contributed by atoms with E-state index in [1.807, 2.05) is 26.0 Å². The number of hydrogen-bond donors (Lipinski definition) is 1. The largest absolute Gasteiger partial charge is 0.496 e. The molecule has 0 bridgehead atoms. The summed E-state index contributed by atoms with van der Waals surface area (Å²) in [5, 5.41) is 9.63. The van der Waals surface area contributed by atoms with Crippen LogP contribution in [0.5, 0.6) is 5.75 Å². The Balaban J connectivity index is 3.14. The van der Waals surface area contributed by atoms with Crippen LogP contribution in [0.4, 0.5) is 0 Å². The minimum Gasteiger partial charge on any atom is -0.496 e. The van der Waals surface area contributed by atoms with E-state index in [2.05, 4.69) is 0 Å². The van der Waals surface area contributed by atoms with E-state index in [0.717, 1.165) is 22.4 Å². The lowest BCUT2D eigenvalue weighted by atomic mass is 10.0. The second-order valence-electron chi connectivity index (χ2n) is 3.35. The van der Waals surface area contributed by atoms with Gasteiger partial charge in [0.25, 0.3) is 0 Å². The lowest BCUT2D eigenvalue weighted by Crippen LogP contribution is -2.02. The first-order valence-corrected chi connectivity index (χ1v) is 5.02. The molecule has 14 heavy (non-hydrogen) atoms. The zero-order chi connectivity index (χ0) is 10.7. The van der Waals surface area contributed by atoms with E-state index < -0.39 is 6.10 Å². The van der Waals surface area contributed by atoms with Crippen molar-refractivity contribution in [3.05, 3.63) is 28.8 Å². The van der Waals surface area contributed by atoms with Crippen LogP contribution in [0.25, 0.3) is 0 Å². The lowest BCUT2D eigenvalue weighted by Gasteiger charge is -2.14. The van der Waals surface area contributed by atoms with Crippen molar-refractivity contribution in [1.29, 1.82) is 0 Å². The van der Waals surface area contributed by atoms with Gasteiger partial charge in [-0.2, -0.15) is 0 Å². The van der Waals surface area contributed by atoms with Gasteiger partial charge in [0.1, 0.15) is 5.75 Å². The molecule has 0 aliphatic rings. The second kappa shape index (κ2) is 4.67. The second-order valence-corrected chi connectivity index (χ2v) is 3.66. The van der Waals surface area contributed by atoms with Crippen molar-refractivity contribution in [1.82, 2.24) is 0 Å². The Morgan fingerprint density at radius 2 is 2.00 bits per heavy atom. The number of halogens is 1. The van der Waals surface area contributed by atoms with Gasteiger partial charge in [0, 0.05) is 0 Å². The van der Waals surface area contributed by atoms with Crippen molar-refractivity contribution in [3.63, 3.8) is 0 Å². The summed E-state index contributed by atoms with van der Waals surface area (Å²) in [4.78, 5) is 0. The molecule has 0 amide bonds. The first-order chi connectivity index (χ1) is 6.60. The van der Waals surface area contributed by atoms with Gasteiger partial charge < -0.3 is 9.84 Å². The minimum atomic E-state index is -0.596. The first kappa shape index (κ1) is 11.3. The standard InChI is InChI=1S/C11H15ClO2/c1-7-5-11(14-3)8(2)4-9(7)10(13)6-12/h4-5,10,13H,6H2,1-3H3. The molecule has 2 nitrogen and oxygen atoms in total. The normalized spacial score (nSPS) is 12.6. The molecule has 0 aliphatic heterocycles. The topological polar surface area (TPSA) is 29.5 Å². The number of aliphatic hydroxyl groups excluding tert-OH is 1. The Kier molecular flexibility index (Phi) is 3.78. The average molecular weight is 215 g/mol. The monoisotopic (exact) mass is 214 g/mol. The molecule has 0 heterocycles. The molecule has 0 spiro atoms. The summed E-state index contributed by atoms with van der Waals surface area (Å²) in [5.74, 6) is 1.06. The Morgan fingerprint density at radius 1 is 1.36 bits per heavy atom. The molecule has 0 saturated heterocycles. The third-order valence-electron chi connectivity index (χ3n) is 2.29. The highest BCUT2D eigenvalue weighted by Gasteiger charge is 2.11. The zero-order valence-corrected chi connectivity index (χ0v) is 9.43. The highest BCUT2D eigenvalue weighted by atomic mass is 35.5. The van der Waals surface area contributed by atoms with Gasteiger partial charge in [-0.1, -0.05) is 0 Å². The average Bonchev–Trinajstić information content (AvgIpc) is 2.19. The number of rotatable bonds is 3. The van der Waals surface area contributed by atoms with Crippen LogP contribution in [0.15, 0.2) is 12.1 Å². The quantitative estimate of drug-likeness (QED) is 0.784. The zero-order valence-electron chi connectivity index (χ0n) is 8.67. The van der Waals surface area contributed by atoms with Crippen molar-refractivity contribution in [2.45, 2.75) is 20.0 Å². The van der Waals surface area contributed by atoms with Crippen LogP contribution in [-0.2, 0) is 0 Å². The number of aliphatic hydroxyl groups is 1. The number of alkyl halides is 1. The predicted octanol–water partition coefficient (Wildman–Crippen LogP) is 2.58. The van der Waals surface area contributed by atoms with Crippen molar-refractivity contribution in [2.24, 2.45) is 0 Å². The molecule has 0 fully saturated rings. The number of ether oxygens (including phenoxy) is 1. The Labute approximate surface area is 89.5 Å². The third-order valence-corrected chi connectivity index (χ3v) is 2.58. The van der Waals surface area contributed by atoms with Crippen LogP contribution in [-0.4, -0.2) is 18.1 Å². The molecule has 1 N–H and O–H groups in total. The van der Waals surface area contributed by atoms with Gasteiger partial charge in [-0.05, 0) is 42.7 Å². The first-order valence-electron chi connectivity index (χ1n) is 4.49. The highest BCUT2D eigenvalue weighted by Crippen LogP contribution is 2.26. The van der Waals surface area contributed by atoms with E-state index in [1.165, 1.54) is 0 Å². The van der Waals surface area contributed by atoms with Crippen molar-refractivity contribution in [3.8, 4) is 5.75 Å². The summed E-state index contributed by atoms with van der Waals surface area (Å²) in [6.07, 6.45) is -0.596. The van der Waals surface area contributed by atoms with Gasteiger partial charge in [0.2, 0.25) is 0 Å². The Hall–Kier alpha value is -0.730. The van der Waals surface area contributed by atoms with E-state index in [0.29, 0.717) is 0 Å². The summed E-state index contributed by atoms with van der Waals surface area (Å²) in [6, 6.07) is 3.83. The fourth-order valence-corrected chi connectivity index (χ4v) is 1.64. The summed E-state index contributed by atoms with van der Waals surface area (Å²) in [7, 11) is 1.64. The molecular formula is C11H15ClO2. The van der Waals surface area contributed by atoms with Crippen LogP contribution in [0.1, 0.15) is 22.8 Å². The van der Waals surface area contributed by atoms with Gasteiger partial charge in [-0.3, -0.25) is 0 Å². The van der Waals surface area contributed by atoms with Crippen LogP contribution in [0.3, 0.4) is 0 Å². The van der Waals surface area contributed by atoms with Crippen molar-refractivity contribution < 1.29 is 9.84 Å². The van der Waals surface area contributed by atoms with E-state index >= 15 is 0 Å². The number of hydrogen-bond acceptors (Lipinski definition) is 2. The summed E-state index contributed by atoms with van der Waals surface area (Å²) < 4.78 is 5.18. The minimum absolute atomic E-state index is 0.215. The van der Waals surface area contributed by atoms with E-state index in [4.69, 9.17) is 16.3 Å². The van der Waals surface area contributed by atoms with Gasteiger partial charge in [-0.25, -0.2) is 0 Å². The molecule has 1 unspecified atom stereocenters. The summed E-state index contributed by atoms with van der Waals surface area (Å²) in [6.45, 7) is 3.88. The van der Waals surface area contributed by atoms with E-state index in [9.17, 15) is 5.11 Å². The molecule has 0 aliphatic carbocycles. The maximum atomic E-state index is 9.63. The van der Waals surface area contributed by atoms with Crippen LogP contribution >= 0.6 is 11.6 Å². The Morgan fingerprint density at radius 3 is 2.50 bits per heavy atom. The summed E-state index contributed by atoms with van der Waals surface area (Å²) in [5.41, 5.74) is 2.89. The highest BCUT2D eigenvalue weighted by molar-refractivity contribution is 6.18. The van der Waals surface area contributed by atoms with Crippen LogP contribution in [0, 0.1) is 13.8 Å². The maximum Gasteiger partial charge on any atom is 0.122 e. The molecule has 1 aromatic carbocycles. The van der Waals surface area contributed by atoms with E-state index in [1.54, 1.807) is 7.11 Å². The molecule has 0 radical (unpaired) electrons. The number of benzene rings is 1. The fraction of sp³-hybridized carbons (Fsp3) is 0.455. The maximum absolute atomic E-state index is 9.63. The molecule has 1 aromatic rings. The van der Waals surface area contributed by atoms with E-state index in [-0.39, 0.29) is 5.88 Å². The molecule has 78 valence electrons. The molecule has 0 aromatic heterocycles. The van der Waals surface area contributed by atoms with Crippen molar-refractivity contribution in [2.75, 3.05) is 13.0 Å². The molecular weight excluding hydrogens is 200 g/mol. The Bertz CT molecular complexity index is 323. The fourth-order valence-electron chi connectivity index (χ4n) is 1.47. The van der Waals surface area contributed by atoms with Crippen LogP contribution in [0.2, 0.25) is 0 Å². The molecule has 1 atom stereocenters. The van der Waals surface area contributed by atoms with Gasteiger partial charge in [-0.15, -0.1) is 11.6 Å². The third kappa shape index (κ3) is 2.20. The molecule has 3 heteroatoms. The lowest BCUT2D eigenvalue weighted by molar-refractivity contribution is 0.201. The van der Waals surface area contributed by atoms with Gasteiger partial charge in [0.05, 0.1) is 19.1 Å². The number of methoxy groups -OCH3 is 1. The van der Waals surface area contributed by atoms with Crippen molar-refractivity contribution >= 4 is 11.6 Å². The van der Waals surface area contributed by atoms with Crippen LogP contribution < -0.4 is 4.74 Å². The molecule has 0 saturated carbocycles. The van der Waals surface area contributed by atoms with Gasteiger partial charge in [0.15, 0.2) is 0 Å². The smallest absolute Gasteiger partial charge is 0.122 e. The SMILES string of the molecule is COc1cc(C)c(C(O)CCl)cc1C. The predicted molar refractivity (Wildman–Crippen MR) is 58.1 cm³/mol. The number of aryl methyl sites for hydroxylation is 2. The molecule has 1 rings (SSSR count). The summed E-state index contributed by atoms with van der Waals surface area (Å²) >= 11 is 5.60. The van der Waals surface area contributed by atoms with Gasteiger partial charge >= 0.3 is 0 Å².